The van der Waals surface area contributed by atoms with E-state index >= 15 is 0 Å². The zero-order chi connectivity index (χ0) is 11.0. The van der Waals surface area contributed by atoms with Gasteiger partial charge in [0.15, 0.2) is 0 Å². The quantitative estimate of drug-likeness (QED) is 0.720. The minimum Gasteiger partial charge on any atom is -0.427 e. The molecule has 5 atom stereocenters. The molecule has 0 amide bonds. The van der Waals surface area contributed by atoms with Crippen molar-refractivity contribution in [1.29, 1.82) is 0 Å². The standard InChI is InChI=1S/C12H21BO2/c1-5-13(14)15-10-9-8-7(12(8,9)4)6-11(10,2)3/h7-10,14H,5-6H2,1-4H3/t7-,8?,9?,10+,12-/m1/s1. The Morgan fingerprint density at radius 1 is 1.33 bits per heavy atom. The van der Waals surface area contributed by atoms with Crippen LogP contribution in [0.25, 0.3) is 0 Å². The van der Waals surface area contributed by atoms with Crippen LogP contribution in [0.4, 0.5) is 0 Å². The fourth-order valence-electron chi connectivity index (χ4n) is 4.21. The van der Waals surface area contributed by atoms with E-state index in [4.69, 9.17) is 4.65 Å². The van der Waals surface area contributed by atoms with Crippen LogP contribution in [-0.2, 0) is 4.65 Å². The van der Waals surface area contributed by atoms with Crippen LogP contribution in [0.15, 0.2) is 0 Å². The third-order valence-electron chi connectivity index (χ3n) is 5.33. The van der Waals surface area contributed by atoms with E-state index in [9.17, 15) is 5.02 Å². The van der Waals surface area contributed by atoms with Gasteiger partial charge >= 0.3 is 7.12 Å². The zero-order valence-electron chi connectivity index (χ0n) is 10.2. The molecule has 1 N–H and O–H groups in total. The largest absolute Gasteiger partial charge is 0.454 e. The van der Waals surface area contributed by atoms with Crippen LogP contribution in [0.1, 0.15) is 34.1 Å². The summed E-state index contributed by atoms with van der Waals surface area (Å²) in [4.78, 5) is 0. The van der Waals surface area contributed by atoms with E-state index in [0.29, 0.717) is 11.7 Å². The van der Waals surface area contributed by atoms with Crippen molar-refractivity contribution in [1.82, 2.24) is 0 Å². The van der Waals surface area contributed by atoms with Crippen molar-refractivity contribution < 1.29 is 9.68 Å². The molecule has 84 valence electrons. The maximum atomic E-state index is 9.65. The maximum Gasteiger partial charge on any atom is 0.454 e. The maximum absolute atomic E-state index is 9.65. The van der Waals surface area contributed by atoms with Gasteiger partial charge in [0.2, 0.25) is 0 Å². The first-order chi connectivity index (χ1) is 6.93. The average molecular weight is 208 g/mol. The summed E-state index contributed by atoms with van der Waals surface area (Å²) in [6, 6.07) is 0. The predicted molar refractivity (Wildman–Crippen MR) is 60.3 cm³/mol. The van der Waals surface area contributed by atoms with Crippen molar-refractivity contribution in [3.05, 3.63) is 0 Å². The van der Waals surface area contributed by atoms with Crippen LogP contribution in [0.5, 0.6) is 0 Å². The Morgan fingerprint density at radius 3 is 2.47 bits per heavy atom. The van der Waals surface area contributed by atoms with E-state index in [0.717, 1.165) is 17.8 Å². The monoisotopic (exact) mass is 208 g/mol. The smallest absolute Gasteiger partial charge is 0.427 e. The number of rotatable bonds is 3. The summed E-state index contributed by atoms with van der Waals surface area (Å²) >= 11 is 0. The van der Waals surface area contributed by atoms with Crippen molar-refractivity contribution in [3.8, 4) is 0 Å². The van der Waals surface area contributed by atoms with Crippen LogP contribution < -0.4 is 0 Å². The summed E-state index contributed by atoms with van der Waals surface area (Å²) in [5.41, 5.74) is 0.867. The lowest BCUT2D eigenvalue weighted by molar-refractivity contribution is -0.0431. The Morgan fingerprint density at radius 2 is 1.93 bits per heavy atom. The lowest BCUT2D eigenvalue weighted by Crippen LogP contribution is -2.47. The molecule has 15 heavy (non-hydrogen) atoms. The van der Waals surface area contributed by atoms with Crippen LogP contribution >= 0.6 is 0 Å². The molecule has 0 radical (unpaired) electrons. The summed E-state index contributed by atoms with van der Waals surface area (Å²) in [5.74, 6) is 2.64. The van der Waals surface area contributed by atoms with Gasteiger partial charge in [-0.2, -0.15) is 0 Å². The molecule has 0 spiro atoms. The van der Waals surface area contributed by atoms with Crippen molar-refractivity contribution in [3.63, 3.8) is 0 Å². The van der Waals surface area contributed by atoms with E-state index in [2.05, 4.69) is 20.8 Å². The van der Waals surface area contributed by atoms with Crippen molar-refractivity contribution in [2.75, 3.05) is 0 Å². The Labute approximate surface area is 92.5 Å². The molecule has 0 aromatic rings. The molecule has 2 nitrogen and oxygen atoms in total. The van der Waals surface area contributed by atoms with Crippen molar-refractivity contribution in [2.24, 2.45) is 28.6 Å². The lowest BCUT2D eigenvalue weighted by Gasteiger charge is -2.45. The Bertz CT molecular complexity index is 304. The molecule has 0 aromatic heterocycles. The first kappa shape index (κ1) is 10.2. The summed E-state index contributed by atoms with van der Waals surface area (Å²) in [6.45, 7) is 8.96. The fourth-order valence-corrected chi connectivity index (χ4v) is 4.21. The zero-order valence-corrected chi connectivity index (χ0v) is 10.2. The first-order valence-electron chi connectivity index (χ1n) is 6.26. The third kappa shape index (κ3) is 1.09. The minimum atomic E-state index is -0.561. The van der Waals surface area contributed by atoms with E-state index in [1.807, 2.05) is 6.92 Å². The SMILES string of the molecule is CCB(O)O[C@H]1C2C3[C@@H](CC1(C)C)[C@]32C. The van der Waals surface area contributed by atoms with Gasteiger partial charge in [-0.3, -0.25) is 0 Å². The van der Waals surface area contributed by atoms with Crippen molar-refractivity contribution in [2.45, 2.75) is 46.5 Å². The van der Waals surface area contributed by atoms with Gasteiger partial charge in [-0.15, -0.1) is 0 Å². The third-order valence-corrected chi connectivity index (χ3v) is 5.33. The van der Waals surface area contributed by atoms with E-state index in [1.165, 1.54) is 6.42 Å². The topological polar surface area (TPSA) is 29.5 Å². The lowest BCUT2D eigenvalue weighted by atomic mass is 9.65. The van der Waals surface area contributed by atoms with Gasteiger partial charge in [-0.1, -0.05) is 27.7 Å². The minimum absolute atomic E-state index is 0.262. The van der Waals surface area contributed by atoms with Gasteiger partial charge in [0.25, 0.3) is 0 Å². The average Bonchev–Trinajstić information content (AvgIpc) is 2.95. The molecule has 0 saturated heterocycles. The van der Waals surface area contributed by atoms with Gasteiger partial charge in [-0.05, 0) is 41.3 Å². The molecule has 3 saturated carbocycles. The molecule has 0 heterocycles. The molecule has 0 bridgehead atoms. The highest BCUT2D eigenvalue weighted by atomic mass is 16.5. The number of fused-ring (bicyclic) bond motifs is 2. The van der Waals surface area contributed by atoms with E-state index in [-0.39, 0.29) is 11.5 Å². The summed E-state index contributed by atoms with van der Waals surface area (Å²) in [7, 11) is -0.561. The highest BCUT2D eigenvalue weighted by Crippen LogP contribution is 2.90. The molecule has 3 aliphatic rings. The molecule has 0 aromatic carbocycles. The fraction of sp³-hybridized carbons (Fsp3) is 1.00. The second-order valence-corrected chi connectivity index (χ2v) is 6.64. The molecule has 3 heteroatoms. The Balaban J connectivity index is 1.74. The van der Waals surface area contributed by atoms with Gasteiger partial charge < -0.3 is 9.68 Å². The highest BCUT2D eigenvalue weighted by molar-refractivity contribution is 6.42. The molecule has 3 rings (SSSR count). The van der Waals surface area contributed by atoms with Crippen LogP contribution in [-0.4, -0.2) is 18.2 Å². The van der Waals surface area contributed by atoms with Gasteiger partial charge in [0, 0.05) is 0 Å². The number of hydrogen-bond donors (Lipinski definition) is 1. The Kier molecular flexibility index (Phi) is 1.78. The van der Waals surface area contributed by atoms with Crippen LogP contribution in [0.3, 0.4) is 0 Å². The predicted octanol–water partition coefficient (Wildman–Crippen LogP) is 2.18. The molecule has 3 aliphatic carbocycles. The highest BCUT2D eigenvalue weighted by Gasteiger charge is 2.88. The second-order valence-electron chi connectivity index (χ2n) is 6.64. The summed E-state index contributed by atoms with van der Waals surface area (Å²) in [6.07, 6.45) is 2.27. The van der Waals surface area contributed by atoms with Crippen LogP contribution in [0, 0.1) is 28.6 Å². The first-order valence-corrected chi connectivity index (χ1v) is 6.26. The van der Waals surface area contributed by atoms with Gasteiger partial charge in [-0.25, -0.2) is 0 Å². The summed E-state index contributed by atoms with van der Waals surface area (Å²) < 4.78 is 5.85. The molecular weight excluding hydrogens is 187 g/mol. The summed E-state index contributed by atoms with van der Waals surface area (Å²) in [5, 5.41) is 9.65. The van der Waals surface area contributed by atoms with Crippen molar-refractivity contribution >= 4 is 7.12 Å². The van der Waals surface area contributed by atoms with E-state index in [1.54, 1.807) is 0 Å². The molecular formula is C12H21BO2. The van der Waals surface area contributed by atoms with Gasteiger partial charge in [0.05, 0.1) is 6.10 Å². The second kappa shape index (κ2) is 2.62. The molecule has 3 fully saturated rings. The van der Waals surface area contributed by atoms with Crippen LogP contribution in [0.2, 0.25) is 6.32 Å². The molecule has 2 unspecified atom stereocenters. The van der Waals surface area contributed by atoms with E-state index < -0.39 is 7.12 Å². The number of hydrogen-bond acceptors (Lipinski definition) is 2. The Hall–Kier alpha value is -0.0151. The molecule has 0 aliphatic heterocycles. The van der Waals surface area contributed by atoms with Gasteiger partial charge in [0.1, 0.15) is 0 Å². The normalized spacial score (nSPS) is 53.4.